The van der Waals surface area contributed by atoms with E-state index < -0.39 is 28.5 Å². The van der Waals surface area contributed by atoms with Crippen LogP contribution in [0.5, 0.6) is 17.2 Å². The Morgan fingerprint density at radius 2 is 1.89 bits per heavy atom. The lowest BCUT2D eigenvalue weighted by atomic mass is 9.95. The van der Waals surface area contributed by atoms with Crippen LogP contribution in [-0.2, 0) is 19.1 Å². The minimum atomic E-state index is -0.960. The number of ether oxygens (including phenoxy) is 5. The quantitative estimate of drug-likeness (QED) is 0.166. The SMILES string of the molecule is CCOC(=O)C1=C(C)N=c2s/c(=C\c3cc(Br)c(OC)c([N+](=O)[O-])c3)c(=O)n2[C@@H]1c1ccc(OCC(=O)OC)c(OCC)c1. The van der Waals surface area contributed by atoms with Gasteiger partial charge in [-0.15, -0.1) is 0 Å². The largest absolute Gasteiger partial charge is 0.490 e. The van der Waals surface area contributed by atoms with Crippen molar-refractivity contribution in [1.29, 1.82) is 0 Å². The smallest absolute Gasteiger partial charge is 0.343 e. The van der Waals surface area contributed by atoms with Crippen LogP contribution in [0.1, 0.15) is 37.9 Å². The summed E-state index contributed by atoms with van der Waals surface area (Å²) in [7, 11) is 2.57. The maximum absolute atomic E-state index is 14.0. The molecule has 1 atom stereocenters. The monoisotopic (exact) mass is 689 g/mol. The van der Waals surface area contributed by atoms with E-state index in [0.717, 1.165) is 11.3 Å². The summed E-state index contributed by atoms with van der Waals surface area (Å²) in [5.41, 5.74) is 0.612. The first-order valence-electron chi connectivity index (χ1n) is 13.2. The van der Waals surface area contributed by atoms with Gasteiger partial charge in [0.15, 0.2) is 22.9 Å². The number of carbonyl (C=O) groups is 2. The number of aromatic nitrogens is 1. The van der Waals surface area contributed by atoms with Gasteiger partial charge in [-0.05, 0) is 72.1 Å². The third-order valence-electron chi connectivity index (χ3n) is 6.42. The maximum Gasteiger partial charge on any atom is 0.343 e. The van der Waals surface area contributed by atoms with E-state index >= 15 is 0 Å². The number of esters is 2. The second-order valence-electron chi connectivity index (χ2n) is 9.12. The number of nitro benzene ring substituents is 1. The van der Waals surface area contributed by atoms with Gasteiger partial charge < -0.3 is 23.7 Å². The number of carbonyl (C=O) groups excluding carboxylic acids is 2. The minimum Gasteiger partial charge on any atom is -0.490 e. The van der Waals surface area contributed by atoms with E-state index in [0.29, 0.717) is 26.1 Å². The van der Waals surface area contributed by atoms with Crippen LogP contribution in [0.2, 0.25) is 0 Å². The summed E-state index contributed by atoms with van der Waals surface area (Å²) in [4.78, 5) is 54.8. The fourth-order valence-corrected chi connectivity index (χ4v) is 6.23. The normalized spacial score (nSPS) is 14.4. The Bertz CT molecular complexity index is 1850. The first-order valence-corrected chi connectivity index (χ1v) is 14.8. The molecule has 15 heteroatoms. The molecule has 1 aliphatic heterocycles. The van der Waals surface area contributed by atoms with E-state index in [2.05, 4.69) is 25.7 Å². The summed E-state index contributed by atoms with van der Waals surface area (Å²) in [5, 5.41) is 11.7. The predicted octanol–water partition coefficient (Wildman–Crippen LogP) is 3.43. The lowest BCUT2D eigenvalue weighted by Gasteiger charge is -2.25. The maximum atomic E-state index is 14.0. The zero-order valence-corrected chi connectivity index (χ0v) is 26.8. The Hall–Kier alpha value is -4.50. The molecule has 1 aliphatic rings. The second-order valence-corrected chi connectivity index (χ2v) is 11.0. The van der Waals surface area contributed by atoms with Gasteiger partial charge in [-0.3, -0.25) is 19.5 Å². The van der Waals surface area contributed by atoms with Crippen molar-refractivity contribution in [2.45, 2.75) is 26.8 Å². The van der Waals surface area contributed by atoms with Crippen molar-refractivity contribution in [3.8, 4) is 17.2 Å². The van der Waals surface area contributed by atoms with E-state index in [1.54, 1.807) is 45.0 Å². The molecule has 4 rings (SSSR count). The molecule has 0 saturated carbocycles. The number of allylic oxidation sites excluding steroid dienone is 1. The lowest BCUT2D eigenvalue weighted by molar-refractivity contribution is -0.385. The fourth-order valence-electron chi connectivity index (χ4n) is 4.56. The number of hydrogen-bond acceptors (Lipinski definition) is 12. The molecule has 0 bridgehead atoms. The van der Waals surface area contributed by atoms with E-state index in [1.807, 2.05) is 0 Å². The van der Waals surface area contributed by atoms with Crippen molar-refractivity contribution in [2.24, 2.45) is 4.99 Å². The zero-order chi connectivity index (χ0) is 32.1. The molecule has 3 aromatic rings. The molecule has 0 fully saturated rings. The highest BCUT2D eigenvalue weighted by molar-refractivity contribution is 9.10. The Morgan fingerprint density at radius 3 is 2.52 bits per heavy atom. The van der Waals surface area contributed by atoms with Crippen LogP contribution in [-0.4, -0.2) is 55.5 Å². The minimum absolute atomic E-state index is 0.0485. The number of nitro groups is 1. The van der Waals surface area contributed by atoms with Crippen LogP contribution >= 0.6 is 27.3 Å². The van der Waals surface area contributed by atoms with Crippen LogP contribution in [0.4, 0.5) is 5.69 Å². The van der Waals surface area contributed by atoms with Crippen molar-refractivity contribution in [3.05, 3.63) is 87.0 Å². The van der Waals surface area contributed by atoms with E-state index in [1.165, 1.54) is 30.9 Å². The number of hydrogen-bond donors (Lipinski definition) is 0. The number of thiazole rings is 1. The Kier molecular flexibility index (Phi) is 10.2. The molecule has 13 nitrogen and oxygen atoms in total. The van der Waals surface area contributed by atoms with Crippen molar-refractivity contribution >= 4 is 51.0 Å². The van der Waals surface area contributed by atoms with Gasteiger partial charge in [-0.2, -0.15) is 0 Å². The molecular weight excluding hydrogens is 662 g/mol. The number of rotatable bonds is 11. The molecule has 0 radical (unpaired) electrons. The van der Waals surface area contributed by atoms with Crippen molar-refractivity contribution in [3.63, 3.8) is 0 Å². The standard InChI is InChI=1S/C29H28BrN3O10S/c1-6-41-21-13-17(8-9-20(21)43-14-23(34)39-4)25-24(28(36)42-7-2)15(3)31-29-32(25)27(35)22(44-29)12-16-10-18(30)26(40-5)19(11-16)33(37)38/h8-13,25H,6-7,14H2,1-5H3/b22-12-/t25-/m1/s1. The van der Waals surface area contributed by atoms with Crippen LogP contribution < -0.4 is 29.1 Å². The summed E-state index contributed by atoms with van der Waals surface area (Å²) < 4.78 is 28.4. The predicted molar refractivity (Wildman–Crippen MR) is 163 cm³/mol. The van der Waals surface area contributed by atoms with Crippen LogP contribution in [0.3, 0.4) is 0 Å². The zero-order valence-electron chi connectivity index (χ0n) is 24.4. The summed E-state index contributed by atoms with van der Waals surface area (Å²) in [6.45, 7) is 5.11. The fraction of sp³-hybridized carbons (Fsp3) is 0.310. The number of fused-ring (bicyclic) bond motifs is 1. The van der Waals surface area contributed by atoms with E-state index in [9.17, 15) is 24.5 Å². The van der Waals surface area contributed by atoms with Crippen molar-refractivity contribution in [1.82, 2.24) is 4.57 Å². The number of benzene rings is 2. The molecule has 2 heterocycles. The Morgan fingerprint density at radius 1 is 1.14 bits per heavy atom. The van der Waals surface area contributed by atoms with Gasteiger partial charge in [0.1, 0.15) is 0 Å². The highest BCUT2D eigenvalue weighted by Gasteiger charge is 2.34. The average Bonchev–Trinajstić information content (AvgIpc) is 3.29. The topological polar surface area (TPSA) is 158 Å². The first kappa shape index (κ1) is 32.4. The first-order chi connectivity index (χ1) is 21.0. The third-order valence-corrected chi connectivity index (χ3v) is 7.99. The molecule has 2 aromatic carbocycles. The molecule has 0 saturated heterocycles. The Labute approximate surface area is 263 Å². The highest BCUT2D eigenvalue weighted by Crippen LogP contribution is 2.37. The van der Waals surface area contributed by atoms with Crippen LogP contribution in [0.15, 0.2) is 55.9 Å². The molecule has 232 valence electrons. The second kappa shape index (κ2) is 13.9. The Balaban J connectivity index is 1.93. The molecule has 0 spiro atoms. The van der Waals surface area contributed by atoms with Gasteiger partial charge in [-0.1, -0.05) is 17.4 Å². The van der Waals surface area contributed by atoms with E-state index in [-0.39, 0.29) is 52.9 Å². The summed E-state index contributed by atoms with van der Waals surface area (Å²) in [5.74, 6) is -0.636. The van der Waals surface area contributed by atoms with Gasteiger partial charge in [0.2, 0.25) is 5.75 Å². The molecule has 0 N–H and O–H groups in total. The highest BCUT2D eigenvalue weighted by atomic mass is 79.9. The average molecular weight is 691 g/mol. The van der Waals surface area contributed by atoms with Crippen LogP contribution in [0.25, 0.3) is 6.08 Å². The lowest BCUT2D eigenvalue weighted by Crippen LogP contribution is -2.40. The molecule has 0 unspecified atom stereocenters. The van der Waals surface area contributed by atoms with Gasteiger partial charge in [0.25, 0.3) is 5.56 Å². The van der Waals surface area contributed by atoms with Gasteiger partial charge >= 0.3 is 17.6 Å². The van der Waals surface area contributed by atoms with Crippen molar-refractivity contribution < 1.29 is 38.2 Å². The summed E-state index contributed by atoms with van der Waals surface area (Å²) in [6, 6.07) is 6.79. The molecule has 1 aromatic heterocycles. The third kappa shape index (κ3) is 6.53. The number of methoxy groups -OCH3 is 2. The molecule has 0 aliphatic carbocycles. The molecule has 44 heavy (non-hydrogen) atoms. The summed E-state index contributed by atoms with van der Waals surface area (Å²) >= 11 is 4.36. The van der Waals surface area contributed by atoms with Gasteiger partial charge in [0, 0.05) is 6.07 Å². The van der Waals surface area contributed by atoms with Gasteiger partial charge in [0.05, 0.1) is 58.7 Å². The summed E-state index contributed by atoms with van der Waals surface area (Å²) in [6.07, 6.45) is 1.51. The molecular formula is C29H28BrN3O10S. The van der Waals surface area contributed by atoms with E-state index in [4.69, 9.17) is 18.9 Å². The number of nitrogens with zero attached hydrogens (tertiary/aromatic N) is 3. The van der Waals surface area contributed by atoms with Gasteiger partial charge in [-0.25, -0.2) is 14.6 Å². The number of halogens is 1. The van der Waals surface area contributed by atoms with Crippen LogP contribution in [0, 0.1) is 10.1 Å². The molecule has 0 amide bonds. The van der Waals surface area contributed by atoms with Crippen molar-refractivity contribution in [2.75, 3.05) is 34.0 Å².